The van der Waals surface area contributed by atoms with Gasteiger partial charge in [0.05, 0.1) is 16.6 Å². The molecule has 32 heavy (non-hydrogen) atoms. The standard InChI is InChI=1S/C26H29N3O2S/c1-18-15-21-16-19(7-8-23(21)31-18)17-29-12-9-20(10-13-29)25(22-5-2-3-11-27-22)28-26(30)24-6-4-14-32-24/h2-8,11,14,16,18,20,25H,9-10,12-13,15,17H2,1H3,(H,28,30)/t18-,25+/m0/s1. The molecule has 1 N–H and O–H groups in total. The lowest BCUT2D eigenvalue weighted by atomic mass is 9.87. The molecule has 5 nitrogen and oxygen atoms in total. The molecule has 2 aliphatic heterocycles. The second kappa shape index (κ2) is 9.43. The molecule has 5 rings (SSSR count). The first-order valence-electron chi connectivity index (χ1n) is 11.4. The Morgan fingerprint density at radius 1 is 1.22 bits per heavy atom. The fourth-order valence-electron chi connectivity index (χ4n) is 4.89. The highest BCUT2D eigenvalue weighted by Gasteiger charge is 2.30. The largest absolute Gasteiger partial charge is 0.490 e. The molecule has 2 atom stereocenters. The Morgan fingerprint density at radius 2 is 2.09 bits per heavy atom. The van der Waals surface area contributed by atoms with Crippen LogP contribution >= 0.6 is 11.3 Å². The molecule has 0 unspecified atom stereocenters. The number of thiophene rings is 1. The number of nitrogens with zero attached hydrogens (tertiary/aromatic N) is 2. The third kappa shape index (κ3) is 4.71. The molecule has 0 aliphatic carbocycles. The van der Waals surface area contributed by atoms with E-state index in [1.54, 1.807) is 0 Å². The number of nitrogens with one attached hydrogen (secondary N) is 1. The number of carbonyl (C=O) groups excluding carboxylic acids is 1. The van der Waals surface area contributed by atoms with Gasteiger partial charge in [-0.2, -0.15) is 0 Å². The highest BCUT2D eigenvalue weighted by Crippen LogP contribution is 2.33. The number of piperidine rings is 1. The van der Waals surface area contributed by atoms with Gasteiger partial charge in [0.2, 0.25) is 0 Å². The molecule has 1 saturated heterocycles. The van der Waals surface area contributed by atoms with Crippen molar-refractivity contribution >= 4 is 17.2 Å². The van der Waals surface area contributed by atoms with E-state index < -0.39 is 0 Å². The molecule has 4 heterocycles. The molecule has 1 fully saturated rings. The van der Waals surface area contributed by atoms with Crippen LogP contribution in [0.5, 0.6) is 5.75 Å². The van der Waals surface area contributed by atoms with E-state index in [1.165, 1.54) is 22.5 Å². The van der Waals surface area contributed by atoms with Crippen molar-refractivity contribution < 1.29 is 9.53 Å². The number of ether oxygens (including phenoxy) is 1. The predicted molar refractivity (Wildman–Crippen MR) is 127 cm³/mol. The minimum absolute atomic E-state index is 0.00679. The average Bonchev–Trinajstić information content (AvgIpc) is 3.48. The van der Waals surface area contributed by atoms with Crippen molar-refractivity contribution in [3.05, 3.63) is 81.8 Å². The smallest absolute Gasteiger partial charge is 0.261 e. The fourth-order valence-corrected chi connectivity index (χ4v) is 5.52. The lowest BCUT2D eigenvalue weighted by Gasteiger charge is -2.36. The average molecular weight is 448 g/mol. The van der Waals surface area contributed by atoms with Crippen LogP contribution in [0.4, 0.5) is 0 Å². The zero-order valence-electron chi connectivity index (χ0n) is 18.4. The van der Waals surface area contributed by atoms with E-state index in [4.69, 9.17) is 4.74 Å². The zero-order chi connectivity index (χ0) is 21.9. The van der Waals surface area contributed by atoms with E-state index in [2.05, 4.69) is 40.3 Å². The minimum atomic E-state index is -0.0634. The van der Waals surface area contributed by atoms with E-state index in [0.717, 1.165) is 55.2 Å². The molecule has 0 bridgehead atoms. The Morgan fingerprint density at radius 3 is 2.84 bits per heavy atom. The van der Waals surface area contributed by atoms with E-state index in [1.807, 2.05) is 41.9 Å². The molecule has 1 aromatic carbocycles. The first-order chi connectivity index (χ1) is 15.7. The van der Waals surface area contributed by atoms with Gasteiger partial charge < -0.3 is 10.1 Å². The normalized spacial score (nSPS) is 19.8. The van der Waals surface area contributed by atoms with Gasteiger partial charge in [-0.05, 0) is 79.5 Å². The Balaban J connectivity index is 1.23. The van der Waals surface area contributed by atoms with Gasteiger partial charge in [-0.25, -0.2) is 0 Å². The van der Waals surface area contributed by atoms with Gasteiger partial charge in [0, 0.05) is 19.2 Å². The quantitative estimate of drug-likeness (QED) is 0.587. The first kappa shape index (κ1) is 21.2. The summed E-state index contributed by atoms with van der Waals surface area (Å²) < 4.78 is 5.84. The van der Waals surface area contributed by atoms with E-state index in [-0.39, 0.29) is 18.1 Å². The molecule has 2 aliphatic rings. The summed E-state index contributed by atoms with van der Waals surface area (Å²) in [5.41, 5.74) is 3.63. The number of pyridine rings is 1. The lowest BCUT2D eigenvalue weighted by molar-refractivity contribution is 0.0892. The highest BCUT2D eigenvalue weighted by molar-refractivity contribution is 7.12. The summed E-state index contributed by atoms with van der Waals surface area (Å²) in [7, 11) is 0. The Kier molecular flexibility index (Phi) is 6.23. The number of carbonyl (C=O) groups is 1. The van der Waals surface area contributed by atoms with Crippen LogP contribution in [-0.4, -0.2) is 35.0 Å². The van der Waals surface area contributed by atoms with Gasteiger partial charge >= 0.3 is 0 Å². The summed E-state index contributed by atoms with van der Waals surface area (Å²) in [6, 6.07) is 16.3. The number of aromatic nitrogens is 1. The van der Waals surface area contributed by atoms with Crippen molar-refractivity contribution in [1.82, 2.24) is 15.2 Å². The third-order valence-corrected chi connectivity index (χ3v) is 7.38. The van der Waals surface area contributed by atoms with Crippen molar-refractivity contribution in [3.8, 4) is 5.75 Å². The van der Waals surface area contributed by atoms with Gasteiger partial charge in [-0.3, -0.25) is 14.7 Å². The van der Waals surface area contributed by atoms with Crippen molar-refractivity contribution in [2.75, 3.05) is 13.1 Å². The molecule has 166 valence electrons. The second-order valence-corrected chi connectivity index (χ2v) is 9.82. The van der Waals surface area contributed by atoms with Gasteiger partial charge in [-0.15, -0.1) is 11.3 Å². The Bertz CT molecular complexity index is 1050. The molecule has 6 heteroatoms. The lowest BCUT2D eigenvalue weighted by Crippen LogP contribution is -2.40. The van der Waals surface area contributed by atoms with Crippen LogP contribution in [0.2, 0.25) is 0 Å². The van der Waals surface area contributed by atoms with Crippen LogP contribution in [0, 0.1) is 5.92 Å². The summed E-state index contributed by atoms with van der Waals surface area (Å²) in [5.74, 6) is 1.41. The van der Waals surface area contributed by atoms with Gasteiger partial charge in [0.15, 0.2) is 0 Å². The summed E-state index contributed by atoms with van der Waals surface area (Å²) in [5, 5.41) is 5.22. The summed E-state index contributed by atoms with van der Waals surface area (Å²) >= 11 is 1.48. The number of fused-ring (bicyclic) bond motifs is 1. The summed E-state index contributed by atoms with van der Waals surface area (Å²) in [6.07, 6.45) is 5.17. The van der Waals surface area contributed by atoms with Crippen molar-refractivity contribution in [2.24, 2.45) is 5.92 Å². The van der Waals surface area contributed by atoms with E-state index >= 15 is 0 Å². The number of hydrogen-bond acceptors (Lipinski definition) is 5. The molecular weight excluding hydrogens is 418 g/mol. The molecule has 2 aromatic heterocycles. The highest BCUT2D eigenvalue weighted by atomic mass is 32.1. The minimum Gasteiger partial charge on any atom is -0.490 e. The number of benzene rings is 1. The molecule has 0 spiro atoms. The van der Waals surface area contributed by atoms with Crippen molar-refractivity contribution in [3.63, 3.8) is 0 Å². The van der Waals surface area contributed by atoms with Crippen molar-refractivity contribution in [1.29, 1.82) is 0 Å². The Labute approximate surface area is 193 Å². The number of hydrogen-bond donors (Lipinski definition) is 1. The number of rotatable bonds is 6. The molecule has 3 aromatic rings. The molecule has 1 amide bonds. The van der Waals surface area contributed by atoms with Crippen LogP contribution in [0.1, 0.15) is 52.3 Å². The molecule has 0 radical (unpaired) electrons. The van der Waals surface area contributed by atoms with Gasteiger partial charge in [0.1, 0.15) is 11.9 Å². The van der Waals surface area contributed by atoms with Crippen LogP contribution in [-0.2, 0) is 13.0 Å². The molecular formula is C26H29N3O2S. The number of amides is 1. The van der Waals surface area contributed by atoms with Gasteiger partial charge in [-0.1, -0.05) is 24.3 Å². The monoisotopic (exact) mass is 447 g/mol. The van der Waals surface area contributed by atoms with Crippen LogP contribution < -0.4 is 10.1 Å². The van der Waals surface area contributed by atoms with Crippen LogP contribution in [0.3, 0.4) is 0 Å². The third-order valence-electron chi connectivity index (χ3n) is 6.51. The fraction of sp³-hybridized carbons (Fsp3) is 0.385. The topological polar surface area (TPSA) is 54.5 Å². The van der Waals surface area contributed by atoms with E-state index in [0.29, 0.717) is 5.92 Å². The number of likely N-dealkylation sites (tertiary alicyclic amines) is 1. The Hall–Kier alpha value is -2.70. The molecule has 0 saturated carbocycles. The first-order valence-corrected chi connectivity index (χ1v) is 12.3. The van der Waals surface area contributed by atoms with E-state index in [9.17, 15) is 4.79 Å². The zero-order valence-corrected chi connectivity index (χ0v) is 19.2. The second-order valence-electron chi connectivity index (χ2n) is 8.87. The van der Waals surface area contributed by atoms with Crippen molar-refractivity contribution in [2.45, 2.75) is 44.9 Å². The van der Waals surface area contributed by atoms with Crippen LogP contribution in [0.15, 0.2) is 60.1 Å². The summed E-state index contributed by atoms with van der Waals surface area (Å²) in [6.45, 7) is 5.13. The predicted octanol–water partition coefficient (Wildman–Crippen LogP) is 4.85. The van der Waals surface area contributed by atoms with Gasteiger partial charge in [0.25, 0.3) is 5.91 Å². The van der Waals surface area contributed by atoms with Crippen LogP contribution in [0.25, 0.3) is 0 Å². The maximum atomic E-state index is 12.8. The maximum absolute atomic E-state index is 12.8. The SMILES string of the molecule is C[C@H]1Cc2cc(CN3CCC([C@@H](NC(=O)c4cccs4)c4ccccn4)CC3)ccc2O1. The maximum Gasteiger partial charge on any atom is 0.261 e. The summed E-state index contributed by atoms with van der Waals surface area (Å²) in [4.78, 5) is 20.7.